The average molecular weight is 223 g/mol. The summed E-state index contributed by atoms with van der Waals surface area (Å²) in [4.78, 5) is 11.9. The molecule has 15 heavy (non-hydrogen) atoms. The standard InChI is InChI=1S/C11H13NO2S/c1-2-8(7-13)12-11(14)9-5-3-4-6-10(9)15-12/h3-6,8,13H,2,7H2,1H3/t8-/m1/s1. The van der Waals surface area contributed by atoms with Gasteiger partial charge in [-0.2, -0.15) is 0 Å². The fraction of sp³-hybridized carbons (Fsp3) is 0.364. The van der Waals surface area contributed by atoms with E-state index in [0.29, 0.717) is 0 Å². The second-order valence-electron chi connectivity index (χ2n) is 3.46. The van der Waals surface area contributed by atoms with Crippen molar-refractivity contribution in [3.05, 3.63) is 34.6 Å². The summed E-state index contributed by atoms with van der Waals surface area (Å²) in [6.07, 6.45) is 0.767. The van der Waals surface area contributed by atoms with Gasteiger partial charge in [0.2, 0.25) is 0 Å². The Kier molecular flexibility index (Phi) is 2.88. The Hall–Kier alpha value is -1.13. The van der Waals surface area contributed by atoms with Gasteiger partial charge in [0.1, 0.15) is 0 Å². The molecule has 0 saturated carbocycles. The Morgan fingerprint density at radius 2 is 2.20 bits per heavy atom. The zero-order valence-corrected chi connectivity index (χ0v) is 9.33. The summed E-state index contributed by atoms with van der Waals surface area (Å²) in [7, 11) is 0. The summed E-state index contributed by atoms with van der Waals surface area (Å²) in [6.45, 7) is 1.99. The van der Waals surface area contributed by atoms with Crippen LogP contribution < -0.4 is 5.56 Å². The molecule has 0 spiro atoms. The van der Waals surface area contributed by atoms with Crippen LogP contribution in [-0.2, 0) is 0 Å². The number of benzene rings is 1. The van der Waals surface area contributed by atoms with Crippen molar-refractivity contribution < 1.29 is 5.11 Å². The molecule has 1 aromatic carbocycles. The molecule has 3 nitrogen and oxygen atoms in total. The summed E-state index contributed by atoms with van der Waals surface area (Å²) in [6, 6.07) is 7.45. The van der Waals surface area contributed by atoms with Crippen molar-refractivity contribution in [1.82, 2.24) is 3.96 Å². The van der Waals surface area contributed by atoms with Crippen molar-refractivity contribution in [2.45, 2.75) is 19.4 Å². The van der Waals surface area contributed by atoms with Gasteiger partial charge in [-0.3, -0.25) is 8.75 Å². The lowest BCUT2D eigenvalue weighted by molar-refractivity contribution is 0.230. The normalized spacial score (nSPS) is 13.2. The second-order valence-corrected chi connectivity index (χ2v) is 4.48. The first-order valence-corrected chi connectivity index (χ1v) is 5.76. The van der Waals surface area contributed by atoms with Gasteiger partial charge in [-0.25, -0.2) is 0 Å². The molecular weight excluding hydrogens is 210 g/mol. The molecule has 0 unspecified atom stereocenters. The minimum Gasteiger partial charge on any atom is -0.394 e. The van der Waals surface area contributed by atoms with Crippen molar-refractivity contribution in [3.63, 3.8) is 0 Å². The van der Waals surface area contributed by atoms with Crippen LogP contribution in [0.3, 0.4) is 0 Å². The van der Waals surface area contributed by atoms with Gasteiger partial charge in [0, 0.05) is 0 Å². The molecule has 1 heterocycles. The van der Waals surface area contributed by atoms with E-state index in [2.05, 4.69) is 0 Å². The van der Waals surface area contributed by atoms with Crippen molar-refractivity contribution >= 4 is 21.6 Å². The van der Waals surface area contributed by atoms with Crippen molar-refractivity contribution in [2.24, 2.45) is 0 Å². The smallest absolute Gasteiger partial charge is 0.268 e. The SMILES string of the molecule is CC[C@H](CO)n1sc2ccccc2c1=O. The summed E-state index contributed by atoms with van der Waals surface area (Å²) < 4.78 is 2.65. The fourth-order valence-corrected chi connectivity index (χ4v) is 2.75. The summed E-state index contributed by atoms with van der Waals surface area (Å²) in [5.41, 5.74) is 0.0106. The van der Waals surface area contributed by atoms with Gasteiger partial charge in [0.15, 0.2) is 0 Å². The van der Waals surface area contributed by atoms with Gasteiger partial charge in [0.05, 0.1) is 22.7 Å². The summed E-state index contributed by atoms with van der Waals surface area (Å²) in [5, 5.41) is 9.92. The molecule has 1 aromatic heterocycles. The van der Waals surface area contributed by atoms with Crippen LogP contribution in [0.5, 0.6) is 0 Å². The Morgan fingerprint density at radius 1 is 1.47 bits per heavy atom. The Labute approximate surface area is 91.7 Å². The largest absolute Gasteiger partial charge is 0.394 e. The third-order valence-corrected chi connectivity index (χ3v) is 3.74. The zero-order chi connectivity index (χ0) is 10.8. The van der Waals surface area contributed by atoms with Crippen LogP contribution >= 0.6 is 11.5 Å². The highest BCUT2D eigenvalue weighted by molar-refractivity contribution is 7.13. The molecule has 0 amide bonds. The van der Waals surface area contributed by atoms with Gasteiger partial charge >= 0.3 is 0 Å². The molecule has 0 radical (unpaired) electrons. The highest BCUT2D eigenvalue weighted by Gasteiger charge is 2.13. The quantitative estimate of drug-likeness (QED) is 0.864. The van der Waals surface area contributed by atoms with Gasteiger partial charge in [-0.15, -0.1) is 0 Å². The molecule has 0 bridgehead atoms. The number of aliphatic hydroxyl groups excluding tert-OH is 1. The van der Waals surface area contributed by atoms with E-state index in [-0.39, 0.29) is 18.2 Å². The van der Waals surface area contributed by atoms with E-state index >= 15 is 0 Å². The Bertz CT molecular complexity index is 511. The molecule has 1 N–H and O–H groups in total. The van der Waals surface area contributed by atoms with E-state index in [1.807, 2.05) is 31.2 Å². The van der Waals surface area contributed by atoms with Crippen LogP contribution in [0.4, 0.5) is 0 Å². The number of hydrogen-bond acceptors (Lipinski definition) is 3. The first-order chi connectivity index (χ1) is 7.27. The molecule has 80 valence electrons. The van der Waals surface area contributed by atoms with Crippen molar-refractivity contribution in [2.75, 3.05) is 6.61 Å². The third-order valence-electron chi connectivity index (χ3n) is 2.53. The molecule has 0 fully saturated rings. The predicted octanol–water partition coefficient (Wildman–Crippen LogP) is 2.01. The maximum Gasteiger partial charge on any atom is 0.268 e. The molecule has 0 aliphatic rings. The first kappa shape index (κ1) is 10.4. The molecule has 0 saturated heterocycles. The number of nitrogens with zero attached hydrogens (tertiary/aromatic N) is 1. The summed E-state index contributed by atoms with van der Waals surface area (Å²) in [5.74, 6) is 0. The molecule has 4 heteroatoms. The number of fused-ring (bicyclic) bond motifs is 1. The first-order valence-electron chi connectivity index (χ1n) is 4.99. The maximum absolute atomic E-state index is 11.9. The molecule has 2 aromatic rings. The summed E-state index contributed by atoms with van der Waals surface area (Å²) >= 11 is 1.43. The fourth-order valence-electron chi connectivity index (χ4n) is 1.60. The lowest BCUT2D eigenvalue weighted by Gasteiger charge is -2.10. The van der Waals surface area contributed by atoms with E-state index in [1.165, 1.54) is 11.5 Å². The maximum atomic E-state index is 11.9. The van der Waals surface area contributed by atoms with Crippen LogP contribution in [0.25, 0.3) is 10.1 Å². The van der Waals surface area contributed by atoms with E-state index in [0.717, 1.165) is 16.5 Å². The molecule has 0 aliphatic carbocycles. The van der Waals surface area contributed by atoms with E-state index in [1.54, 1.807) is 3.96 Å². The van der Waals surface area contributed by atoms with E-state index in [9.17, 15) is 9.90 Å². The van der Waals surface area contributed by atoms with Crippen LogP contribution in [0.2, 0.25) is 0 Å². The minimum absolute atomic E-state index is 0.0106. The topological polar surface area (TPSA) is 42.2 Å². The van der Waals surface area contributed by atoms with Gasteiger partial charge < -0.3 is 5.11 Å². The lowest BCUT2D eigenvalue weighted by Crippen LogP contribution is -2.21. The number of hydrogen-bond donors (Lipinski definition) is 1. The van der Waals surface area contributed by atoms with E-state index in [4.69, 9.17) is 0 Å². The van der Waals surface area contributed by atoms with E-state index < -0.39 is 0 Å². The van der Waals surface area contributed by atoms with Gasteiger partial charge in [-0.1, -0.05) is 30.6 Å². The highest BCUT2D eigenvalue weighted by Crippen LogP contribution is 2.20. The van der Waals surface area contributed by atoms with Crippen LogP contribution in [-0.4, -0.2) is 15.7 Å². The molecular formula is C11H13NO2S. The Balaban J connectivity index is 2.62. The van der Waals surface area contributed by atoms with Crippen LogP contribution in [0.1, 0.15) is 19.4 Å². The van der Waals surface area contributed by atoms with Crippen molar-refractivity contribution in [3.8, 4) is 0 Å². The Morgan fingerprint density at radius 3 is 2.80 bits per heavy atom. The highest BCUT2D eigenvalue weighted by atomic mass is 32.1. The predicted molar refractivity (Wildman–Crippen MR) is 62.5 cm³/mol. The molecule has 2 rings (SSSR count). The number of aromatic nitrogens is 1. The number of aliphatic hydroxyl groups is 1. The van der Waals surface area contributed by atoms with Gasteiger partial charge in [-0.05, 0) is 18.6 Å². The average Bonchev–Trinajstić information content (AvgIpc) is 2.60. The zero-order valence-electron chi connectivity index (χ0n) is 8.51. The third kappa shape index (κ3) is 1.70. The lowest BCUT2D eigenvalue weighted by atomic mass is 10.2. The van der Waals surface area contributed by atoms with Crippen LogP contribution in [0, 0.1) is 0 Å². The van der Waals surface area contributed by atoms with Crippen molar-refractivity contribution in [1.29, 1.82) is 0 Å². The van der Waals surface area contributed by atoms with Gasteiger partial charge in [0.25, 0.3) is 5.56 Å². The number of rotatable bonds is 3. The molecule has 0 aliphatic heterocycles. The second kappa shape index (κ2) is 4.16. The van der Waals surface area contributed by atoms with Crippen LogP contribution in [0.15, 0.2) is 29.1 Å². The molecule has 1 atom stereocenters. The monoisotopic (exact) mass is 223 g/mol. The minimum atomic E-state index is -0.0881.